The lowest BCUT2D eigenvalue weighted by Crippen LogP contribution is -2.29. The SMILES string of the molecule is O=C(NNc1nc(-c2cccs2)cs1)c1ccc(F)cc1. The molecule has 0 unspecified atom stereocenters. The molecule has 106 valence electrons. The van der Waals surface area contributed by atoms with Crippen molar-refractivity contribution < 1.29 is 9.18 Å². The summed E-state index contributed by atoms with van der Waals surface area (Å²) in [6.45, 7) is 0. The van der Waals surface area contributed by atoms with Crippen LogP contribution in [0.3, 0.4) is 0 Å². The number of rotatable bonds is 4. The third-order valence-electron chi connectivity index (χ3n) is 2.67. The molecule has 2 N–H and O–H groups in total. The number of hydrogen-bond donors (Lipinski definition) is 2. The summed E-state index contributed by atoms with van der Waals surface area (Å²) in [6.07, 6.45) is 0. The molecule has 0 spiro atoms. The monoisotopic (exact) mass is 319 g/mol. The van der Waals surface area contributed by atoms with Gasteiger partial charge in [-0.05, 0) is 35.7 Å². The number of benzene rings is 1. The van der Waals surface area contributed by atoms with E-state index in [4.69, 9.17) is 0 Å². The Morgan fingerprint density at radius 2 is 1.95 bits per heavy atom. The van der Waals surface area contributed by atoms with Gasteiger partial charge < -0.3 is 0 Å². The van der Waals surface area contributed by atoms with Crippen LogP contribution in [0.2, 0.25) is 0 Å². The first-order valence-corrected chi connectivity index (χ1v) is 7.79. The quantitative estimate of drug-likeness (QED) is 0.720. The van der Waals surface area contributed by atoms with Crippen molar-refractivity contribution >= 4 is 33.7 Å². The van der Waals surface area contributed by atoms with Crippen molar-refractivity contribution in [3.8, 4) is 10.6 Å². The number of thiophene rings is 1. The molecule has 0 aliphatic carbocycles. The number of hydrazine groups is 1. The summed E-state index contributed by atoms with van der Waals surface area (Å²) >= 11 is 3.00. The Hall–Kier alpha value is -2.25. The molecule has 0 saturated carbocycles. The Bertz CT molecular complexity index is 738. The molecule has 0 bridgehead atoms. The largest absolute Gasteiger partial charge is 0.273 e. The highest BCUT2D eigenvalue weighted by atomic mass is 32.1. The molecule has 0 fully saturated rings. The molecule has 21 heavy (non-hydrogen) atoms. The lowest BCUT2D eigenvalue weighted by atomic mass is 10.2. The highest BCUT2D eigenvalue weighted by Crippen LogP contribution is 2.27. The van der Waals surface area contributed by atoms with Gasteiger partial charge in [-0.1, -0.05) is 6.07 Å². The summed E-state index contributed by atoms with van der Waals surface area (Å²) < 4.78 is 12.8. The number of hydrogen-bond acceptors (Lipinski definition) is 5. The zero-order valence-electron chi connectivity index (χ0n) is 10.7. The van der Waals surface area contributed by atoms with Gasteiger partial charge in [0.1, 0.15) is 5.82 Å². The molecule has 3 aromatic rings. The number of carbonyl (C=O) groups is 1. The third kappa shape index (κ3) is 3.26. The Balaban J connectivity index is 1.62. The van der Waals surface area contributed by atoms with Gasteiger partial charge in [0.15, 0.2) is 0 Å². The normalized spacial score (nSPS) is 10.3. The lowest BCUT2D eigenvalue weighted by molar-refractivity contribution is 0.0962. The molecular formula is C14H10FN3OS2. The zero-order chi connectivity index (χ0) is 14.7. The summed E-state index contributed by atoms with van der Waals surface area (Å²) in [5, 5.41) is 4.49. The van der Waals surface area contributed by atoms with E-state index in [9.17, 15) is 9.18 Å². The number of nitrogens with one attached hydrogen (secondary N) is 2. The maximum atomic E-state index is 12.8. The molecule has 0 aliphatic heterocycles. The van der Waals surface area contributed by atoms with E-state index < -0.39 is 0 Å². The van der Waals surface area contributed by atoms with E-state index in [1.54, 1.807) is 11.3 Å². The first-order chi connectivity index (χ1) is 10.2. The molecule has 1 aromatic carbocycles. The van der Waals surface area contributed by atoms with E-state index in [0.29, 0.717) is 10.7 Å². The van der Waals surface area contributed by atoms with Gasteiger partial charge in [-0.3, -0.25) is 15.6 Å². The molecular weight excluding hydrogens is 309 g/mol. The van der Waals surface area contributed by atoms with Gasteiger partial charge in [-0.25, -0.2) is 9.37 Å². The Kier molecular flexibility index (Phi) is 3.94. The van der Waals surface area contributed by atoms with Crippen LogP contribution in [0.15, 0.2) is 47.2 Å². The van der Waals surface area contributed by atoms with E-state index in [1.165, 1.54) is 35.6 Å². The maximum Gasteiger partial charge on any atom is 0.269 e. The van der Waals surface area contributed by atoms with Crippen molar-refractivity contribution in [2.75, 3.05) is 5.43 Å². The number of thiazole rings is 1. The second-order valence-corrected chi connectivity index (χ2v) is 5.91. The first kappa shape index (κ1) is 13.7. The van der Waals surface area contributed by atoms with Crippen LogP contribution in [0.5, 0.6) is 0 Å². The highest BCUT2D eigenvalue weighted by molar-refractivity contribution is 7.15. The van der Waals surface area contributed by atoms with Crippen molar-refractivity contribution in [2.24, 2.45) is 0 Å². The lowest BCUT2D eigenvalue weighted by Gasteiger charge is -2.05. The van der Waals surface area contributed by atoms with E-state index in [1.807, 2.05) is 22.9 Å². The average Bonchev–Trinajstić information content (AvgIpc) is 3.16. The van der Waals surface area contributed by atoms with Crippen LogP contribution in [-0.2, 0) is 0 Å². The second-order valence-electron chi connectivity index (χ2n) is 4.10. The molecule has 0 saturated heterocycles. The fourth-order valence-corrected chi connectivity index (χ4v) is 3.08. The van der Waals surface area contributed by atoms with Gasteiger partial charge in [0, 0.05) is 10.9 Å². The Labute approximate surface area is 128 Å². The number of nitrogens with zero attached hydrogens (tertiary/aromatic N) is 1. The molecule has 2 aromatic heterocycles. The van der Waals surface area contributed by atoms with Crippen LogP contribution >= 0.6 is 22.7 Å². The predicted molar refractivity (Wildman–Crippen MR) is 82.9 cm³/mol. The predicted octanol–water partition coefficient (Wildman–Crippen LogP) is 3.77. The van der Waals surface area contributed by atoms with Gasteiger partial charge in [0.25, 0.3) is 5.91 Å². The van der Waals surface area contributed by atoms with Gasteiger partial charge in [0.2, 0.25) is 5.13 Å². The smallest absolute Gasteiger partial charge is 0.269 e. The van der Waals surface area contributed by atoms with Crippen molar-refractivity contribution in [2.45, 2.75) is 0 Å². The first-order valence-electron chi connectivity index (χ1n) is 6.04. The van der Waals surface area contributed by atoms with E-state index >= 15 is 0 Å². The van der Waals surface area contributed by atoms with Gasteiger partial charge in [-0.15, -0.1) is 22.7 Å². The molecule has 0 radical (unpaired) electrons. The average molecular weight is 319 g/mol. The van der Waals surface area contributed by atoms with Crippen LogP contribution in [0.25, 0.3) is 10.6 Å². The van der Waals surface area contributed by atoms with Crippen LogP contribution in [-0.4, -0.2) is 10.9 Å². The molecule has 2 heterocycles. The molecule has 4 nitrogen and oxygen atoms in total. The standard InChI is InChI=1S/C14H10FN3OS2/c15-10-5-3-9(4-6-10)13(19)17-18-14-16-11(8-21-14)12-2-1-7-20-12/h1-8H,(H,16,18)(H,17,19). The topological polar surface area (TPSA) is 54.0 Å². The summed E-state index contributed by atoms with van der Waals surface area (Å²) in [7, 11) is 0. The third-order valence-corrected chi connectivity index (χ3v) is 4.32. The number of aromatic nitrogens is 1. The summed E-state index contributed by atoms with van der Waals surface area (Å²) in [4.78, 5) is 17.3. The van der Waals surface area contributed by atoms with Crippen LogP contribution in [0.4, 0.5) is 9.52 Å². The van der Waals surface area contributed by atoms with Gasteiger partial charge >= 0.3 is 0 Å². The summed E-state index contributed by atoms with van der Waals surface area (Å²) in [5.41, 5.74) is 6.53. The minimum absolute atomic E-state index is 0.345. The van der Waals surface area contributed by atoms with Gasteiger partial charge in [0.05, 0.1) is 10.6 Å². The molecule has 0 atom stereocenters. The van der Waals surface area contributed by atoms with Crippen molar-refractivity contribution in [3.63, 3.8) is 0 Å². The van der Waals surface area contributed by atoms with E-state index in [2.05, 4.69) is 15.8 Å². The van der Waals surface area contributed by atoms with E-state index in [-0.39, 0.29) is 11.7 Å². The van der Waals surface area contributed by atoms with Crippen LogP contribution in [0, 0.1) is 5.82 Å². The molecule has 1 amide bonds. The van der Waals surface area contributed by atoms with Crippen molar-refractivity contribution in [1.82, 2.24) is 10.4 Å². The number of anilines is 1. The van der Waals surface area contributed by atoms with Crippen molar-refractivity contribution in [3.05, 3.63) is 58.5 Å². The second kappa shape index (κ2) is 6.02. The maximum absolute atomic E-state index is 12.8. The summed E-state index contributed by atoms with van der Waals surface area (Å²) in [6, 6.07) is 9.28. The van der Waals surface area contributed by atoms with Crippen LogP contribution < -0.4 is 10.9 Å². The molecule has 7 heteroatoms. The number of carbonyl (C=O) groups excluding carboxylic acids is 1. The highest BCUT2D eigenvalue weighted by Gasteiger charge is 2.08. The van der Waals surface area contributed by atoms with E-state index in [0.717, 1.165) is 10.6 Å². The molecule has 0 aliphatic rings. The van der Waals surface area contributed by atoms with Crippen LogP contribution in [0.1, 0.15) is 10.4 Å². The fourth-order valence-electron chi connectivity index (χ4n) is 1.65. The number of halogens is 1. The fraction of sp³-hybridized carbons (Fsp3) is 0. The van der Waals surface area contributed by atoms with Crippen molar-refractivity contribution in [1.29, 1.82) is 0 Å². The number of amides is 1. The summed E-state index contributed by atoms with van der Waals surface area (Å²) in [5.74, 6) is -0.720. The minimum atomic E-state index is -0.375. The Morgan fingerprint density at radius 1 is 1.14 bits per heavy atom. The Morgan fingerprint density at radius 3 is 2.67 bits per heavy atom. The molecule has 3 rings (SSSR count). The zero-order valence-corrected chi connectivity index (χ0v) is 12.3. The van der Waals surface area contributed by atoms with Gasteiger partial charge in [-0.2, -0.15) is 0 Å². The minimum Gasteiger partial charge on any atom is -0.273 e.